The number of hydrogen-bond acceptors (Lipinski definition) is 0. The Bertz CT molecular complexity index is 135. The highest BCUT2D eigenvalue weighted by atomic mass is 14.3. The van der Waals surface area contributed by atoms with Crippen molar-refractivity contribution in [3.8, 4) is 0 Å². The van der Waals surface area contributed by atoms with Crippen LogP contribution in [0.25, 0.3) is 0 Å². The molecule has 1 aliphatic carbocycles. The molecular formula is C14H28. The first-order chi connectivity index (χ1) is 6.74. The molecule has 0 N–H and O–H groups in total. The Labute approximate surface area is 90.5 Å². The summed E-state index contributed by atoms with van der Waals surface area (Å²) in [6.45, 7) is 7.19. The van der Waals surface area contributed by atoms with E-state index in [1.807, 2.05) is 0 Å². The minimum Gasteiger partial charge on any atom is -0.0654 e. The van der Waals surface area contributed by atoms with Crippen molar-refractivity contribution in [2.45, 2.75) is 72.1 Å². The average molecular weight is 196 g/mol. The minimum absolute atomic E-state index is 0.975. The lowest BCUT2D eigenvalue weighted by Crippen LogP contribution is -2.02. The van der Waals surface area contributed by atoms with Crippen molar-refractivity contribution in [2.24, 2.45) is 17.8 Å². The third-order valence-corrected chi connectivity index (χ3v) is 3.84. The second-order valence-corrected chi connectivity index (χ2v) is 5.49. The second-order valence-electron chi connectivity index (χ2n) is 5.49. The van der Waals surface area contributed by atoms with E-state index in [4.69, 9.17) is 0 Å². The van der Waals surface area contributed by atoms with Crippen LogP contribution in [-0.4, -0.2) is 0 Å². The molecule has 0 heterocycles. The molecule has 0 bridgehead atoms. The zero-order valence-corrected chi connectivity index (χ0v) is 10.4. The summed E-state index contributed by atoms with van der Waals surface area (Å²) in [6, 6.07) is 0. The molecule has 0 aromatic rings. The summed E-state index contributed by atoms with van der Waals surface area (Å²) < 4.78 is 0. The molecule has 0 aromatic heterocycles. The van der Waals surface area contributed by atoms with Gasteiger partial charge in [0.2, 0.25) is 0 Å². The first kappa shape index (κ1) is 12.1. The fourth-order valence-corrected chi connectivity index (χ4v) is 2.34. The predicted molar refractivity (Wildman–Crippen MR) is 64.4 cm³/mol. The summed E-state index contributed by atoms with van der Waals surface area (Å²) >= 11 is 0. The molecule has 0 saturated heterocycles. The monoisotopic (exact) mass is 196 g/mol. The third kappa shape index (κ3) is 5.02. The summed E-state index contributed by atoms with van der Waals surface area (Å²) in [5, 5.41) is 0. The van der Waals surface area contributed by atoms with Gasteiger partial charge in [0.05, 0.1) is 0 Å². The van der Waals surface area contributed by atoms with Crippen LogP contribution in [0.15, 0.2) is 0 Å². The van der Waals surface area contributed by atoms with Crippen molar-refractivity contribution in [3.63, 3.8) is 0 Å². The summed E-state index contributed by atoms with van der Waals surface area (Å²) in [4.78, 5) is 0. The molecule has 0 nitrogen and oxygen atoms in total. The van der Waals surface area contributed by atoms with Gasteiger partial charge in [0.25, 0.3) is 0 Å². The van der Waals surface area contributed by atoms with E-state index in [0.29, 0.717) is 0 Å². The smallest absolute Gasteiger partial charge is 0.0388 e. The molecule has 0 amide bonds. The molecule has 14 heavy (non-hydrogen) atoms. The topological polar surface area (TPSA) is 0 Å². The Morgan fingerprint density at radius 2 is 1.71 bits per heavy atom. The van der Waals surface area contributed by atoms with E-state index < -0.39 is 0 Å². The number of rotatable bonds is 8. The SMILES string of the molecule is CCCCCC(C)CCC(C)C1CC1. The molecule has 1 fully saturated rings. The van der Waals surface area contributed by atoms with Gasteiger partial charge in [0.1, 0.15) is 0 Å². The molecule has 0 spiro atoms. The van der Waals surface area contributed by atoms with Crippen LogP contribution in [0, 0.1) is 17.8 Å². The first-order valence-corrected chi connectivity index (χ1v) is 6.74. The Morgan fingerprint density at radius 1 is 1.00 bits per heavy atom. The van der Waals surface area contributed by atoms with Crippen LogP contribution in [0.4, 0.5) is 0 Å². The lowest BCUT2D eigenvalue weighted by Gasteiger charge is -2.14. The van der Waals surface area contributed by atoms with Crippen LogP contribution < -0.4 is 0 Å². The fourth-order valence-electron chi connectivity index (χ4n) is 2.34. The lowest BCUT2D eigenvalue weighted by molar-refractivity contribution is 0.378. The van der Waals surface area contributed by atoms with Crippen molar-refractivity contribution < 1.29 is 0 Å². The molecule has 1 saturated carbocycles. The van der Waals surface area contributed by atoms with Crippen molar-refractivity contribution in [2.75, 3.05) is 0 Å². The summed E-state index contributed by atoms with van der Waals surface area (Å²) in [6.07, 6.45) is 11.7. The van der Waals surface area contributed by atoms with Gasteiger partial charge in [-0.25, -0.2) is 0 Å². The number of unbranched alkanes of at least 4 members (excludes halogenated alkanes) is 2. The molecule has 0 aliphatic heterocycles. The van der Waals surface area contributed by atoms with E-state index in [1.165, 1.54) is 51.4 Å². The standard InChI is InChI=1S/C14H28/c1-4-5-6-7-12(2)8-9-13(3)14-10-11-14/h12-14H,4-11H2,1-3H3. The van der Waals surface area contributed by atoms with Gasteiger partial charge in [-0.1, -0.05) is 59.3 Å². The van der Waals surface area contributed by atoms with Crippen LogP contribution in [0.2, 0.25) is 0 Å². The molecule has 84 valence electrons. The predicted octanol–water partition coefficient (Wildman–Crippen LogP) is 5.03. The van der Waals surface area contributed by atoms with E-state index in [1.54, 1.807) is 0 Å². The van der Waals surface area contributed by atoms with Crippen molar-refractivity contribution >= 4 is 0 Å². The van der Waals surface area contributed by atoms with E-state index >= 15 is 0 Å². The first-order valence-electron chi connectivity index (χ1n) is 6.74. The molecule has 1 aliphatic rings. The number of hydrogen-bond donors (Lipinski definition) is 0. The second kappa shape index (κ2) is 6.48. The van der Waals surface area contributed by atoms with E-state index in [0.717, 1.165) is 17.8 Å². The highest BCUT2D eigenvalue weighted by Crippen LogP contribution is 2.39. The van der Waals surface area contributed by atoms with Crippen LogP contribution in [0.3, 0.4) is 0 Å². The van der Waals surface area contributed by atoms with Gasteiger partial charge in [-0.2, -0.15) is 0 Å². The van der Waals surface area contributed by atoms with Gasteiger partial charge in [0, 0.05) is 0 Å². The lowest BCUT2D eigenvalue weighted by atomic mass is 9.92. The summed E-state index contributed by atoms with van der Waals surface area (Å²) in [5.74, 6) is 3.10. The van der Waals surface area contributed by atoms with Gasteiger partial charge >= 0.3 is 0 Å². The minimum atomic E-state index is 0.975. The Balaban J connectivity index is 1.93. The van der Waals surface area contributed by atoms with Crippen molar-refractivity contribution in [3.05, 3.63) is 0 Å². The van der Waals surface area contributed by atoms with Crippen LogP contribution in [-0.2, 0) is 0 Å². The van der Waals surface area contributed by atoms with Gasteiger partial charge in [-0.3, -0.25) is 0 Å². The van der Waals surface area contributed by atoms with Crippen molar-refractivity contribution in [1.29, 1.82) is 0 Å². The molecule has 0 aromatic carbocycles. The molecule has 2 unspecified atom stereocenters. The zero-order chi connectivity index (χ0) is 10.4. The quantitative estimate of drug-likeness (QED) is 0.478. The molecule has 1 rings (SSSR count). The van der Waals surface area contributed by atoms with Crippen LogP contribution in [0.1, 0.15) is 72.1 Å². The van der Waals surface area contributed by atoms with E-state index in [2.05, 4.69) is 20.8 Å². The van der Waals surface area contributed by atoms with E-state index in [-0.39, 0.29) is 0 Å². The Kier molecular flexibility index (Phi) is 5.59. The zero-order valence-electron chi connectivity index (χ0n) is 10.4. The fraction of sp³-hybridized carbons (Fsp3) is 1.00. The normalized spacial score (nSPS) is 20.8. The van der Waals surface area contributed by atoms with Gasteiger partial charge in [-0.15, -0.1) is 0 Å². The van der Waals surface area contributed by atoms with Crippen LogP contribution >= 0.6 is 0 Å². The third-order valence-electron chi connectivity index (χ3n) is 3.84. The van der Waals surface area contributed by atoms with Gasteiger partial charge in [0.15, 0.2) is 0 Å². The largest absolute Gasteiger partial charge is 0.0654 e. The maximum atomic E-state index is 2.45. The Morgan fingerprint density at radius 3 is 2.29 bits per heavy atom. The highest BCUT2D eigenvalue weighted by molar-refractivity contribution is 4.78. The van der Waals surface area contributed by atoms with Gasteiger partial charge in [-0.05, 0) is 30.6 Å². The molecule has 0 heteroatoms. The Hall–Kier alpha value is 0. The molecule has 2 atom stereocenters. The van der Waals surface area contributed by atoms with E-state index in [9.17, 15) is 0 Å². The maximum Gasteiger partial charge on any atom is -0.0388 e. The van der Waals surface area contributed by atoms with Gasteiger partial charge < -0.3 is 0 Å². The molecule has 0 radical (unpaired) electrons. The summed E-state index contributed by atoms with van der Waals surface area (Å²) in [7, 11) is 0. The van der Waals surface area contributed by atoms with Crippen molar-refractivity contribution in [1.82, 2.24) is 0 Å². The maximum absolute atomic E-state index is 2.45. The van der Waals surface area contributed by atoms with Crippen LogP contribution in [0.5, 0.6) is 0 Å². The summed E-state index contributed by atoms with van der Waals surface area (Å²) in [5.41, 5.74) is 0. The average Bonchev–Trinajstić information content (AvgIpc) is 2.98. The molecular weight excluding hydrogens is 168 g/mol. The highest BCUT2D eigenvalue weighted by Gasteiger charge is 2.27.